The number of pyridine rings is 2. The van der Waals surface area contributed by atoms with E-state index in [9.17, 15) is 4.79 Å². The number of nitrogens with zero attached hydrogens (tertiary/aromatic N) is 4. The first kappa shape index (κ1) is 20.8. The van der Waals surface area contributed by atoms with E-state index >= 15 is 0 Å². The van der Waals surface area contributed by atoms with E-state index in [0.29, 0.717) is 0 Å². The van der Waals surface area contributed by atoms with Crippen molar-refractivity contribution in [3.05, 3.63) is 90.5 Å². The molecule has 0 bridgehead atoms. The maximum Gasteiger partial charge on any atom is 0.280 e. The lowest BCUT2D eigenvalue weighted by Gasteiger charge is -2.26. The van der Waals surface area contributed by atoms with Crippen molar-refractivity contribution in [1.29, 1.82) is 0 Å². The fraction of sp³-hybridized carbons (Fsp3) is 0.185. The number of fused-ring (bicyclic) bond motifs is 3. The van der Waals surface area contributed by atoms with Gasteiger partial charge in [0, 0.05) is 30.7 Å². The van der Waals surface area contributed by atoms with Gasteiger partial charge in [0.05, 0.1) is 22.6 Å². The van der Waals surface area contributed by atoms with E-state index in [4.69, 9.17) is 10.1 Å². The number of benzene rings is 2. The maximum atomic E-state index is 11.6. The van der Waals surface area contributed by atoms with E-state index in [1.54, 1.807) is 0 Å². The molecule has 0 unspecified atom stereocenters. The van der Waals surface area contributed by atoms with Gasteiger partial charge in [-0.05, 0) is 49.2 Å². The van der Waals surface area contributed by atoms with Crippen molar-refractivity contribution < 1.29 is 9.20 Å². The Morgan fingerprint density at radius 3 is 2.42 bits per heavy atom. The first-order chi connectivity index (χ1) is 15.8. The Bertz CT molecular complexity index is 1480. The molecule has 6 nitrogen and oxygen atoms in total. The molecule has 33 heavy (non-hydrogen) atoms. The third-order valence-corrected chi connectivity index (χ3v) is 5.99. The van der Waals surface area contributed by atoms with Crippen LogP contribution in [0.1, 0.15) is 32.2 Å². The van der Waals surface area contributed by atoms with Crippen LogP contribution in [0.4, 0.5) is 0 Å². The van der Waals surface area contributed by atoms with Crippen LogP contribution in [-0.2, 0) is 10.3 Å². The highest BCUT2D eigenvalue weighted by atomic mass is 16.1. The predicted molar refractivity (Wildman–Crippen MR) is 129 cm³/mol. The van der Waals surface area contributed by atoms with Crippen molar-refractivity contribution in [1.82, 2.24) is 20.1 Å². The molecular formula is C27H26N5O+. The summed E-state index contributed by atoms with van der Waals surface area (Å²) in [6, 6.07) is 22.6. The van der Waals surface area contributed by atoms with E-state index in [1.807, 2.05) is 86.4 Å². The summed E-state index contributed by atoms with van der Waals surface area (Å²) in [4.78, 5) is 16.3. The molecular weight excluding hydrogens is 410 g/mol. The summed E-state index contributed by atoms with van der Waals surface area (Å²) in [6.07, 6.45) is 3.93. The minimum absolute atomic E-state index is 0.0534. The van der Waals surface area contributed by atoms with Crippen LogP contribution in [0.2, 0.25) is 0 Å². The van der Waals surface area contributed by atoms with Gasteiger partial charge in [-0.1, -0.05) is 47.1 Å². The molecule has 0 atom stereocenters. The summed E-state index contributed by atoms with van der Waals surface area (Å²) in [7, 11) is 0. The first-order valence-electron chi connectivity index (χ1n) is 11.0. The zero-order valence-electron chi connectivity index (χ0n) is 19.2. The maximum absolute atomic E-state index is 11.6. The Balaban J connectivity index is 1.67. The van der Waals surface area contributed by atoms with Crippen LogP contribution in [0, 0.1) is 6.92 Å². The summed E-state index contributed by atoms with van der Waals surface area (Å²) in [5, 5.41) is 8.87. The SMILES string of the molecule is CC(=O)NC(C)(C)c1ccc(-n2nc(C)[n+]3ccc4ncc(-c5ccccc5)cc4c23)cc1. The Labute approximate surface area is 192 Å². The molecule has 0 fully saturated rings. The van der Waals surface area contributed by atoms with Gasteiger partial charge in [-0.25, -0.2) is 4.40 Å². The van der Waals surface area contributed by atoms with Crippen LogP contribution in [0.3, 0.4) is 0 Å². The lowest BCUT2D eigenvalue weighted by Crippen LogP contribution is -2.39. The minimum Gasteiger partial charge on any atom is -0.347 e. The molecule has 3 aromatic heterocycles. The zero-order valence-corrected chi connectivity index (χ0v) is 19.2. The number of hydrogen-bond acceptors (Lipinski definition) is 3. The van der Waals surface area contributed by atoms with Gasteiger partial charge < -0.3 is 5.32 Å². The van der Waals surface area contributed by atoms with Crippen LogP contribution in [0.15, 0.2) is 79.1 Å². The molecule has 0 aliphatic heterocycles. The monoisotopic (exact) mass is 436 g/mol. The molecule has 2 aromatic carbocycles. The Morgan fingerprint density at radius 1 is 1.00 bits per heavy atom. The van der Waals surface area contributed by atoms with Crippen LogP contribution in [-0.4, -0.2) is 20.7 Å². The highest BCUT2D eigenvalue weighted by Crippen LogP contribution is 2.26. The van der Waals surface area contributed by atoms with Crippen molar-refractivity contribution in [2.24, 2.45) is 0 Å². The highest BCUT2D eigenvalue weighted by molar-refractivity contribution is 5.92. The molecule has 0 radical (unpaired) electrons. The largest absolute Gasteiger partial charge is 0.347 e. The van der Waals surface area contributed by atoms with Gasteiger partial charge in [-0.3, -0.25) is 9.78 Å². The Morgan fingerprint density at radius 2 is 1.73 bits per heavy atom. The number of carbonyl (C=O) groups excluding carboxylic acids is 1. The van der Waals surface area contributed by atoms with Crippen LogP contribution in [0.5, 0.6) is 0 Å². The fourth-order valence-electron chi connectivity index (χ4n) is 4.35. The van der Waals surface area contributed by atoms with Crippen molar-refractivity contribution in [2.75, 3.05) is 0 Å². The van der Waals surface area contributed by atoms with Gasteiger partial charge in [0.15, 0.2) is 0 Å². The average molecular weight is 437 g/mol. The molecule has 0 aliphatic carbocycles. The third-order valence-electron chi connectivity index (χ3n) is 5.99. The summed E-state index contributed by atoms with van der Waals surface area (Å²) < 4.78 is 4.05. The minimum atomic E-state index is -0.456. The number of amides is 1. The summed E-state index contributed by atoms with van der Waals surface area (Å²) in [5.74, 6) is 0.835. The summed E-state index contributed by atoms with van der Waals surface area (Å²) >= 11 is 0. The van der Waals surface area contributed by atoms with Crippen molar-refractivity contribution in [2.45, 2.75) is 33.2 Å². The van der Waals surface area contributed by atoms with E-state index in [-0.39, 0.29) is 5.91 Å². The normalized spacial score (nSPS) is 11.8. The number of aromatic nitrogens is 4. The van der Waals surface area contributed by atoms with Gasteiger partial charge in [0.2, 0.25) is 5.91 Å². The predicted octanol–water partition coefficient (Wildman–Crippen LogP) is 4.51. The fourth-order valence-corrected chi connectivity index (χ4v) is 4.35. The highest BCUT2D eigenvalue weighted by Gasteiger charge is 2.24. The molecule has 0 aliphatic rings. The number of hydrogen-bond donors (Lipinski definition) is 1. The van der Waals surface area contributed by atoms with Gasteiger partial charge in [0.25, 0.3) is 11.5 Å². The summed E-state index contributed by atoms with van der Waals surface area (Å²) in [6.45, 7) is 7.53. The van der Waals surface area contributed by atoms with Gasteiger partial charge in [-0.2, -0.15) is 0 Å². The third kappa shape index (κ3) is 3.74. The first-order valence-corrected chi connectivity index (χ1v) is 11.0. The molecule has 6 heteroatoms. The lowest BCUT2D eigenvalue weighted by atomic mass is 9.94. The molecule has 1 N–H and O–H groups in total. The molecule has 0 spiro atoms. The van der Waals surface area contributed by atoms with Crippen LogP contribution >= 0.6 is 0 Å². The number of rotatable bonds is 4. The van der Waals surface area contributed by atoms with E-state index < -0.39 is 5.54 Å². The van der Waals surface area contributed by atoms with Crippen molar-refractivity contribution in [3.8, 4) is 16.8 Å². The number of aryl methyl sites for hydroxylation is 1. The zero-order chi connectivity index (χ0) is 23.2. The smallest absolute Gasteiger partial charge is 0.280 e. The second-order valence-electron chi connectivity index (χ2n) is 8.84. The van der Waals surface area contributed by atoms with Crippen molar-refractivity contribution in [3.63, 3.8) is 0 Å². The molecule has 1 amide bonds. The number of carbonyl (C=O) groups is 1. The van der Waals surface area contributed by atoms with Gasteiger partial charge in [-0.15, -0.1) is 0 Å². The average Bonchev–Trinajstić information content (AvgIpc) is 3.15. The van der Waals surface area contributed by atoms with Crippen molar-refractivity contribution >= 4 is 22.5 Å². The Hall–Kier alpha value is -4.06. The second-order valence-corrected chi connectivity index (χ2v) is 8.84. The molecule has 3 heterocycles. The second kappa shape index (κ2) is 7.81. The topological polar surface area (TPSA) is 63.9 Å². The molecule has 5 aromatic rings. The standard InChI is InChI=1S/C27H25N5O/c1-18-30-32(23-12-10-22(11-13-23)27(3,4)29-19(2)33)26-24-16-21(20-8-6-5-7-9-20)17-28-25(24)14-15-31(18)26/h5-17H,1-4H3/p+1. The van der Waals surface area contributed by atoms with Crippen LogP contribution < -0.4 is 9.72 Å². The number of nitrogens with one attached hydrogen (secondary N) is 1. The van der Waals surface area contributed by atoms with E-state index in [0.717, 1.165) is 44.8 Å². The van der Waals surface area contributed by atoms with E-state index in [1.165, 1.54) is 6.92 Å². The summed E-state index contributed by atoms with van der Waals surface area (Å²) in [5.41, 5.74) is 5.59. The van der Waals surface area contributed by atoms with Gasteiger partial charge >= 0.3 is 0 Å². The molecule has 164 valence electrons. The molecule has 5 rings (SSSR count). The van der Waals surface area contributed by atoms with E-state index in [2.05, 4.69) is 27.9 Å². The van der Waals surface area contributed by atoms with Crippen LogP contribution in [0.25, 0.3) is 33.4 Å². The lowest BCUT2D eigenvalue weighted by molar-refractivity contribution is -0.519. The molecule has 0 saturated heterocycles. The Kier molecular flexibility index (Phi) is 4.93. The molecule has 0 saturated carbocycles. The quantitative estimate of drug-likeness (QED) is 0.422. The van der Waals surface area contributed by atoms with Gasteiger partial charge in [0.1, 0.15) is 5.69 Å².